The third-order valence-electron chi connectivity index (χ3n) is 4.79. The van der Waals surface area contributed by atoms with Gasteiger partial charge in [0.15, 0.2) is 11.5 Å². The smallest absolute Gasteiger partial charge is 0.225 e. The fourth-order valence-corrected chi connectivity index (χ4v) is 3.18. The Bertz CT molecular complexity index is 785. The Morgan fingerprint density at radius 1 is 1.12 bits per heavy atom. The van der Waals surface area contributed by atoms with E-state index in [1.54, 1.807) is 14.2 Å². The molecule has 3 rings (SSSR count). The van der Waals surface area contributed by atoms with E-state index < -0.39 is 0 Å². The molecular formula is C21H25NO4. The summed E-state index contributed by atoms with van der Waals surface area (Å²) in [6, 6.07) is 11.8. The molecule has 1 aliphatic rings. The Balaban J connectivity index is 1.95. The van der Waals surface area contributed by atoms with Gasteiger partial charge in [0.2, 0.25) is 5.91 Å². The summed E-state index contributed by atoms with van der Waals surface area (Å²) in [4.78, 5) is 12.2. The van der Waals surface area contributed by atoms with Crippen molar-refractivity contribution in [3.8, 4) is 17.2 Å². The number of fused-ring (bicyclic) bond motifs is 1. The normalized spacial score (nSPS) is 17.1. The maximum atomic E-state index is 12.2. The molecule has 138 valence electrons. The molecule has 0 radical (unpaired) electrons. The summed E-state index contributed by atoms with van der Waals surface area (Å²) in [6.45, 7) is 4.15. The van der Waals surface area contributed by atoms with Gasteiger partial charge in [-0.1, -0.05) is 19.1 Å². The molecule has 2 atom stereocenters. The van der Waals surface area contributed by atoms with E-state index in [0.717, 1.165) is 29.0 Å². The van der Waals surface area contributed by atoms with Crippen molar-refractivity contribution in [2.45, 2.75) is 38.7 Å². The molecule has 5 heteroatoms. The van der Waals surface area contributed by atoms with E-state index in [1.807, 2.05) is 36.4 Å². The van der Waals surface area contributed by atoms with Crippen LogP contribution in [0.5, 0.6) is 17.2 Å². The predicted octanol–water partition coefficient (Wildman–Crippen LogP) is 4.36. The van der Waals surface area contributed by atoms with E-state index in [1.165, 1.54) is 0 Å². The van der Waals surface area contributed by atoms with Crippen molar-refractivity contribution >= 4 is 11.6 Å². The number of methoxy groups -OCH3 is 2. The number of carbonyl (C=O) groups is 1. The number of benzene rings is 2. The average molecular weight is 355 g/mol. The largest absolute Gasteiger partial charge is 0.493 e. The zero-order valence-electron chi connectivity index (χ0n) is 15.7. The number of anilines is 1. The summed E-state index contributed by atoms with van der Waals surface area (Å²) < 4.78 is 16.6. The van der Waals surface area contributed by atoms with Gasteiger partial charge >= 0.3 is 0 Å². The molecule has 1 heterocycles. The highest BCUT2D eigenvalue weighted by atomic mass is 16.5. The molecule has 2 aromatic rings. The number of amides is 1. The Morgan fingerprint density at radius 3 is 2.38 bits per heavy atom. The lowest BCUT2D eigenvalue weighted by atomic mass is 9.84. The number of hydrogen-bond donors (Lipinski definition) is 1. The summed E-state index contributed by atoms with van der Waals surface area (Å²) in [5, 5.41) is 2.93. The predicted molar refractivity (Wildman–Crippen MR) is 101 cm³/mol. The summed E-state index contributed by atoms with van der Waals surface area (Å²) >= 11 is 0. The van der Waals surface area contributed by atoms with Crippen molar-refractivity contribution in [2.75, 3.05) is 19.5 Å². The first kappa shape index (κ1) is 18.1. The Labute approximate surface area is 154 Å². The van der Waals surface area contributed by atoms with Crippen LogP contribution < -0.4 is 19.5 Å². The van der Waals surface area contributed by atoms with E-state index in [9.17, 15) is 4.79 Å². The average Bonchev–Trinajstić information content (AvgIpc) is 2.66. The van der Waals surface area contributed by atoms with Gasteiger partial charge in [0, 0.05) is 24.1 Å². The van der Waals surface area contributed by atoms with Gasteiger partial charge in [-0.15, -0.1) is 0 Å². The molecule has 1 N–H and O–H groups in total. The third kappa shape index (κ3) is 3.62. The highest BCUT2D eigenvalue weighted by Crippen LogP contribution is 2.43. The maximum Gasteiger partial charge on any atom is 0.225 e. The maximum absolute atomic E-state index is 12.2. The van der Waals surface area contributed by atoms with Crippen LogP contribution >= 0.6 is 0 Å². The van der Waals surface area contributed by atoms with Gasteiger partial charge in [-0.05, 0) is 42.7 Å². The highest BCUT2D eigenvalue weighted by Gasteiger charge is 2.28. The SMILES string of the molecule is CC[C@@H](C)Oc1ccc([C@H]2CC(=O)Nc3cc(OC)c(OC)cc32)cc1. The Morgan fingerprint density at radius 2 is 1.77 bits per heavy atom. The summed E-state index contributed by atoms with van der Waals surface area (Å²) in [6.07, 6.45) is 1.53. The number of nitrogens with one attached hydrogen (secondary N) is 1. The van der Waals surface area contributed by atoms with Crippen LogP contribution in [0.3, 0.4) is 0 Å². The van der Waals surface area contributed by atoms with Gasteiger partial charge in [-0.25, -0.2) is 0 Å². The van der Waals surface area contributed by atoms with Crippen LogP contribution in [0.25, 0.3) is 0 Å². The van der Waals surface area contributed by atoms with E-state index in [2.05, 4.69) is 19.2 Å². The number of rotatable bonds is 6. The molecule has 0 bridgehead atoms. The first-order valence-electron chi connectivity index (χ1n) is 8.88. The van der Waals surface area contributed by atoms with Gasteiger partial charge in [-0.2, -0.15) is 0 Å². The summed E-state index contributed by atoms with van der Waals surface area (Å²) in [5.74, 6) is 2.07. The number of hydrogen-bond acceptors (Lipinski definition) is 4. The van der Waals surface area contributed by atoms with Crippen LogP contribution in [-0.2, 0) is 4.79 Å². The van der Waals surface area contributed by atoms with Crippen LogP contribution in [0.15, 0.2) is 36.4 Å². The lowest BCUT2D eigenvalue weighted by Crippen LogP contribution is -2.23. The Kier molecular flexibility index (Phi) is 5.35. The van der Waals surface area contributed by atoms with Crippen LogP contribution in [0, 0.1) is 0 Å². The van der Waals surface area contributed by atoms with Crippen molar-refractivity contribution in [3.05, 3.63) is 47.5 Å². The van der Waals surface area contributed by atoms with Gasteiger partial charge in [0.25, 0.3) is 0 Å². The third-order valence-corrected chi connectivity index (χ3v) is 4.79. The van der Waals surface area contributed by atoms with Crippen molar-refractivity contribution < 1.29 is 19.0 Å². The summed E-state index contributed by atoms with van der Waals surface area (Å²) in [5.41, 5.74) is 2.87. The highest BCUT2D eigenvalue weighted by molar-refractivity contribution is 5.96. The van der Waals surface area contributed by atoms with Crippen molar-refractivity contribution in [1.29, 1.82) is 0 Å². The van der Waals surface area contributed by atoms with E-state index in [-0.39, 0.29) is 17.9 Å². The second-order valence-corrected chi connectivity index (χ2v) is 6.51. The minimum atomic E-state index is -0.0313. The molecule has 0 unspecified atom stereocenters. The first-order chi connectivity index (χ1) is 12.5. The molecule has 0 saturated carbocycles. The topological polar surface area (TPSA) is 56.8 Å². The van der Waals surface area contributed by atoms with Gasteiger partial charge in [0.1, 0.15) is 5.75 Å². The van der Waals surface area contributed by atoms with Crippen molar-refractivity contribution in [2.24, 2.45) is 0 Å². The van der Waals surface area contributed by atoms with Gasteiger partial charge < -0.3 is 19.5 Å². The number of carbonyl (C=O) groups excluding carboxylic acids is 1. The van der Waals surface area contributed by atoms with E-state index in [4.69, 9.17) is 14.2 Å². The fraction of sp³-hybridized carbons (Fsp3) is 0.381. The zero-order valence-corrected chi connectivity index (χ0v) is 15.7. The standard InChI is InChI=1S/C21H25NO4/c1-5-13(2)26-15-8-6-14(7-9-15)16-11-21(23)22-18-12-20(25-4)19(24-3)10-17(16)18/h6-10,12-13,16H,5,11H2,1-4H3,(H,22,23)/t13-,16-/m1/s1. The quantitative estimate of drug-likeness (QED) is 0.837. The van der Waals surface area contributed by atoms with E-state index >= 15 is 0 Å². The minimum Gasteiger partial charge on any atom is -0.493 e. The van der Waals surface area contributed by atoms with Crippen molar-refractivity contribution in [3.63, 3.8) is 0 Å². The van der Waals surface area contributed by atoms with Crippen molar-refractivity contribution in [1.82, 2.24) is 0 Å². The van der Waals surface area contributed by atoms with Crippen LogP contribution in [0.1, 0.15) is 43.7 Å². The van der Waals surface area contributed by atoms with E-state index in [0.29, 0.717) is 17.9 Å². The molecule has 0 aromatic heterocycles. The molecule has 26 heavy (non-hydrogen) atoms. The fourth-order valence-electron chi connectivity index (χ4n) is 3.18. The van der Waals surface area contributed by atoms with Gasteiger partial charge in [0.05, 0.1) is 20.3 Å². The van der Waals surface area contributed by atoms with Crippen LogP contribution in [-0.4, -0.2) is 26.2 Å². The molecular weight excluding hydrogens is 330 g/mol. The molecule has 0 saturated heterocycles. The summed E-state index contributed by atoms with van der Waals surface area (Å²) in [7, 11) is 3.20. The zero-order chi connectivity index (χ0) is 18.7. The monoisotopic (exact) mass is 355 g/mol. The first-order valence-corrected chi connectivity index (χ1v) is 8.88. The lowest BCUT2D eigenvalue weighted by molar-refractivity contribution is -0.116. The minimum absolute atomic E-state index is 0.00495. The molecule has 2 aromatic carbocycles. The number of ether oxygens (including phenoxy) is 3. The molecule has 0 spiro atoms. The van der Waals surface area contributed by atoms with Gasteiger partial charge in [-0.3, -0.25) is 4.79 Å². The van der Waals surface area contributed by atoms with Crippen LogP contribution in [0.4, 0.5) is 5.69 Å². The molecule has 1 aliphatic heterocycles. The van der Waals surface area contributed by atoms with Crippen LogP contribution in [0.2, 0.25) is 0 Å². The lowest BCUT2D eigenvalue weighted by Gasteiger charge is -2.27. The molecule has 0 aliphatic carbocycles. The Hall–Kier alpha value is -2.69. The molecule has 0 fully saturated rings. The molecule has 5 nitrogen and oxygen atoms in total. The second-order valence-electron chi connectivity index (χ2n) is 6.51. The second kappa shape index (κ2) is 7.68. The molecule has 1 amide bonds.